The monoisotopic (exact) mass is 306 g/mol. The molecule has 22 heavy (non-hydrogen) atoms. The topological polar surface area (TPSA) is 83.4 Å². The molecule has 0 aromatic carbocycles. The zero-order valence-corrected chi connectivity index (χ0v) is 12.6. The lowest BCUT2D eigenvalue weighted by atomic mass is 10.3. The molecule has 2 heterocycles. The molecule has 0 aliphatic carbocycles. The molecule has 0 saturated carbocycles. The summed E-state index contributed by atoms with van der Waals surface area (Å²) >= 11 is 0. The van der Waals surface area contributed by atoms with E-state index in [4.69, 9.17) is 0 Å². The van der Waals surface area contributed by atoms with Crippen molar-refractivity contribution in [2.75, 3.05) is 32.7 Å². The van der Waals surface area contributed by atoms with Gasteiger partial charge in [-0.25, -0.2) is 0 Å². The van der Waals surface area contributed by atoms with Crippen molar-refractivity contribution in [1.82, 2.24) is 20.1 Å². The summed E-state index contributed by atoms with van der Waals surface area (Å²) < 4.78 is 1.65. The number of aryl methyl sites for hydroxylation is 1. The average molecular weight is 306 g/mol. The molecule has 0 radical (unpaired) electrons. The number of pyridine rings is 1. The van der Waals surface area contributed by atoms with Gasteiger partial charge in [0.1, 0.15) is 0 Å². The van der Waals surface area contributed by atoms with Gasteiger partial charge in [-0.05, 0) is 18.9 Å². The Morgan fingerprint density at radius 2 is 2.14 bits per heavy atom. The molecule has 1 fully saturated rings. The van der Waals surface area contributed by atoms with E-state index >= 15 is 0 Å². The van der Waals surface area contributed by atoms with Crippen LogP contribution in [0.15, 0.2) is 29.2 Å². The SMILES string of the molecule is O=C(CN1CCNCC1=O)NCCCCn1ccccc1=O. The fourth-order valence-electron chi connectivity index (χ4n) is 2.32. The first-order valence-corrected chi connectivity index (χ1v) is 7.57. The number of aromatic nitrogens is 1. The van der Waals surface area contributed by atoms with Gasteiger partial charge in [-0.3, -0.25) is 14.4 Å². The van der Waals surface area contributed by atoms with Gasteiger partial charge < -0.3 is 20.1 Å². The van der Waals surface area contributed by atoms with E-state index in [0.29, 0.717) is 26.2 Å². The van der Waals surface area contributed by atoms with E-state index in [1.165, 1.54) is 6.07 Å². The predicted octanol–water partition coefficient (Wildman–Crippen LogP) is -0.823. The van der Waals surface area contributed by atoms with Crippen LogP contribution < -0.4 is 16.2 Å². The van der Waals surface area contributed by atoms with Crippen molar-refractivity contribution in [3.05, 3.63) is 34.7 Å². The molecule has 7 nitrogen and oxygen atoms in total. The van der Waals surface area contributed by atoms with Crippen molar-refractivity contribution in [2.45, 2.75) is 19.4 Å². The fraction of sp³-hybridized carbons (Fsp3) is 0.533. The van der Waals surface area contributed by atoms with Crippen LogP contribution in [0.2, 0.25) is 0 Å². The number of hydrogen-bond acceptors (Lipinski definition) is 4. The Hall–Kier alpha value is -2.15. The summed E-state index contributed by atoms with van der Waals surface area (Å²) in [6.45, 7) is 2.93. The number of nitrogens with zero attached hydrogens (tertiary/aromatic N) is 2. The van der Waals surface area contributed by atoms with Gasteiger partial charge in [-0.15, -0.1) is 0 Å². The van der Waals surface area contributed by atoms with Gasteiger partial charge in [0.15, 0.2) is 0 Å². The quantitative estimate of drug-likeness (QED) is 0.645. The second-order valence-corrected chi connectivity index (χ2v) is 5.28. The molecule has 1 aliphatic heterocycles. The van der Waals surface area contributed by atoms with Crippen molar-refractivity contribution in [3.63, 3.8) is 0 Å². The minimum absolute atomic E-state index is 0.0104. The minimum Gasteiger partial charge on any atom is -0.355 e. The maximum Gasteiger partial charge on any atom is 0.250 e. The standard InChI is InChI=1S/C15H22N4O3/c20-13(12-19-10-7-16-11-15(19)22)17-6-2-4-9-18-8-3-1-5-14(18)21/h1,3,5,8,16H,2,4,6-7,9-12H2,(H,17,20). The maximum atomic E-state index is 11.8. The van der Waals surface area contributed by atoms with Crippen LogP contribution in [-0.4, -0.2) is 54.0 Å². The summed E-state index contributed by atoms with van der Waals surface area (Å²) in [5, 5.41) is 5.78. The highest BCUT2D eigenvalue weighted by atomic mass is 16.2. The lowest BCUT2D eigenvalue weighted by Gasteiger charge is -2.26. The Balaban J connectivity index is 1.60. The lowest BCUT2D eigenvalue weighted by Crippen LogP contribution is -2.51. The summed E-state index contributed by atoms with van der Waals surface area (Å²) in [7, 11) is 0. The highest BCUT2D eigenvalue weighted by molar-refractivity contribution is 5.86. The van der Waals surface area contributed by atoms with E-state index in [2.05, 4.69) is 10.6 Å². The summed E-state index contributed by atoms with van der Waals surface area (Å²) in [6.07, 6.45) is 3.37. The van der Waals surface area contributed by atoms with Crippen molar-refractivity contribution in [3.8, 4) is 0 Å². The van der Waals surface area contributed by atoms with Crippen molar-refractivity contribution in [1.29, 1.82) is 0 Å². The number of rotatable bonds is 7. The Morgan fingerprint density at radius 3 is 2.91 bits per heavy atom. The van der Waals surface area contributed by atoms with E-state index in [9.17, 15) is 14.4 Å². The van der Waals surface area contributed by atoms with E-state index in [1.54, 1.807) is 21.7 Å². The molecule has 1 saturated heterocycles. The normalized spacial score (nSPS) is 14.9. The molecule has 2 N–H and O–H groups in total. The number of hydrogen-bond donors (Lipinski definition) is 2. The van der Waals surface area contributed by atoms with Gasteiger partial charge in [0.05, 0.1) is 13.1 Å². The van der Waals surface area contributed by atoms with Crippen LogP contribution in [0.25, 0.3) is 0 Å². The van der Waals surface area contributed by atoms with Gasteiger partial charge in [-0.2, -0.15) is 0 Å². The third kappa shape index (κ3) is 5.00. The van der Waals surface area contributed by atoms with E-state index in [1.807, 2.05) is 6.07 Å². The van der Waals surface area contributed by atoms with Crippen LogP contribution in [0.4, 0.5) is 0 Å². The Bertz CT molecular complexity index is 570. The molecular formula is C15H22N4O3. The maximum absolute atomic E-state index is 11.8. The van der Waals surface area contributed by atoms with Gasteiger partial charge in [0.2, 0.25) is 17.4 Å². The Morgan fingerprint density at radius 1 is 1.27 bits per heavy atom. The van der Waals surface area contributed by atoms with E-state index in [0.717, 1.165) is 19.4 Å². The Kier molecular flexibility index (Phi) is 6.14. The third-order valence-electron chi connectivity index (χ3n) is 3.57. The summed E-state index contributed by atoms with van der Waals surface area (Å²) in [4.78, 5) is 36.4. The molecule has 120 valence electrons. The molecule has 0 unspecified atom stereocenters. The number of piperazine rings is 1. The fourth-order valence-corrected chi connectivity index (χ4v) is 2.32. The van der Waals surface area contributed by atoms with Crippen LogP contribution in [0.1, 0.15) is 12.8 Å². The van der Waals surface area contributed by atoms with Crippen LogP contribution in [-0.2, 0) is 16.1 Å². The highest BCUT2D eigenvalue weighted by Gasteiger charge is 2.19. The summed E-state index contributed by atoms with van der Waals surface area (Å²) in [5.74, 6) is -0.169. The number of unbranched alkanes of at least 4 members (excludes halogenated alkanes) is 1. The van der Waals surface area contributed by atoms with Crippen LogP contribution in [0, 0.1) is 0 Å². The molecule has 2 rings (SSSR count). The van der Waals surface area contributed by atoms with Crippen molar-refractivity contribution in [2.24, 2.45) is 0 Å². The zero-order chi connectivity index (χ0) is 15.8. The summed E-state index contributed by atoms with van der Waals surface area (Å²) in [6, 6.07) is 5.08. The second kappa shape index (κ2) is 8.33. The molecule has 0 spiro atoms. The first-order chi connectivity index (χ1) is 10.7. The Labute approximate surface area is 129 Å². The molecule has 7 heteroatoms. The van der Waals surface area contributed by atoms with Gasteiger partial charge >= 0.3 is 0 Å². The average Bonchev–Trinajstić information content (AvgIpc) is 2.51. The van der Waals surface area contributed by atoms with Gasteiger partial charge in [0.25, 0.3) is 0 Å². The second-order valence-electron chi connectivity index (χ2n) is 5.28. The van der Waals surface area contributed by atoms with E-state index < -0.39 is 0 Å². The molecule has 1 aromatic heterocycles. The van der Waals surface area contributed by atoms with Crippen molar-refractivity contribution < 1.29 is 9.59 Å². The summed E-state index contributed by atoms with van der Waals surface area (Å²) in [5.41, 5.74) is -0.0104. The number of carbonyl (C=O) groups is 2. The van der Waals surface area contributed by atoms with Crippen LogP contribution in [0.5, 0.6) is 0 Å². The zero-order valence-electron chi connectivity index (χ0n) is 12.6. The predicted molar refractivity (Wildman–Crippen MR) is 82.4 cm³/mol. The van der Waals surface area contributed by atoms with Gasteiger partial charge in [-0.1, -0.05) is 6.07 Å². The molecule has 2 amide bonds. The number of carbonyl (C=O) groups excluding carboxylic acids is 2. The van der Waals surface area contributed by atoms with Gasteiger partial charge in [0, 0.05) is 38.4 Å². The first-order valence-electron chi connectivity index (χ1n) is 7.57. The highest BCUT2D eigenvalue weighted by Crippen LogP contribution is 1.95. The van der Waals surface area contributed by atoms with Crippen molar-refractivity contribution >= 4 is 11.8 Å². The van der Waals surface area contributed by atoms with E-state index in [-0.39, 0.29) is 23.9 Å². The number of nitrogens with one attached hydrogen (secondary N) is 2. The third-order valence-corrected chi connectivity index (χ3v) is 3.57. The molecular weight excluding hydrogens is 284 g/mol. The molecule has 1 aromatic rings. The number of amides is 2. The largest absolute Gasteiger partial charge is 0.355 e. The van der Waals surface area contributed by atoms with Crippen LogP contribution >= 0.6 is 0 Å². The minimum atomic E-state index is -0.132. The van der Waals surface area contributed by atoms with Crippen LogP contribution in [0.3, 0.4) is 0 Å². The molecule has 1 aliphatic rings. The molecule has 0 bridgehead atoms. The smallest absolute Gasteiger partial charge is 0.250 e. The first kappa shape index (κ1) is 16.2. The molecule has 0 atom stereocenters. The lowest BCUT2D eigenvalue weighted by molar-refractivity contribution is -0.136.